The van der Waals surface area contributed by atoms with Crippen molar-refractivity contribution in [2.45, 2.75) is 70.3 Å². The number of esters is 4. The van der Waals surface area contributed by atoms with Gasteiger partial charge in [0.05, 0.1) is 38.4 Å². The Kier molecular flexibility index (Phi) is 15.8. The Bertz CT molecular complexity index is 1590. The van der Waals surface area contributed by atoms with E-state index in [1.807, 2.05) is 36.4 Å². The van der Waals surface area contributed by atoms with Gasteiger partial charge in [0, 0.05) is 11.6 Å². The van der Waals surface area contributed by atoms with Crippen LogP contribution in [0.1, 0.15) is 74.6 Å². The number of rotatable bonds is 20. The summed E-state index contributed by atoms with van der Waals surface area (Å²) in [6.07, 6.45) is 8.62. The zero-order valence-electron chi connectivity index (χ0n) is 29.0. The molecule has 0 heterocycles. The van der Waals surface area contributed by atoms with Crippen LogP contribution in [0.2, 0.25) is 0 Å². The van der Waals surface area contributed by atoms with Gasteiger partial charge in [-0.15, -0.1) is 0 Å². The minimum atomic E-state index is -0.595. The van der Waals surface area contributed by atoms with Crippen molar-refractivity contribution in [3.8, 4) is 28.4 Å². The average Bonchev–Trinajstić information content (AvgIpc) is 3.15. The zero-order chi connectivity index (χ0) is 36.3. The first-order valence-electron chi connectivity index (χ1n) is 17.4. The lowest BCUT2D eigenvalue weighted by Gasteiger charge is -2.21. The van der Waals surface area contributed by atoms with Crippen LogP contribution in [0.5, 0.6) is 17.2 Å². The van der Waals surface area contributed by atoms with E-state index < -0.39 is 23.9 Å². The van der Waals surface area contributed by atoms with Gasteiger partial charge in [0.2, 0.25) is 0 Å². The Balaban J connectivity index is 1.09. The smallest absolute Gasteiger partial charge is 0.343 e. The third-order valence-electron chi connectivity index (χ3n) is 8.10. The highest BCUT2D eigenvalue weighted by molar-refractivity contribution is 5.93. The lowest BCUT2D eigenvalue weighted by Crippen LogP contribution is -2.22. The van der Waals surface area contributed by atoms with Crippen LogP contribution in [0.3, 0.4) is 0 Å². The van der Waals surface area contributed by atoms with E-state index in [4.69, 9.17) is 28.4 Å². The summed E-state index contributed by atoms with van der Waals surface area (Å²) < 4.78 is 32.7. The van der Waals surface area contributed by atoms with Gasteiger partial charge in [-0.2, -0.15) is 0 Å². The van der Waals surface area contributed by atoms with Gasteiger partial charge >= 0.3 is 23.9 Å². The van der Waals surface area contributed by atoms with Crippen LogP contribution in [-0.4, -0.2) is 56.4 Å². The molecule has 0 bridgehead atoms. The summed E-state index contributed by atoms with van der Waals surface area (Å²) in [7, 11) is 0. The van der Waals surface area contributed by atoms with E-state index in [9.17, 15) is 19.2 Å². The Morgan fingerprint density at radius 2 is 1.16 bits per heavy atom. The summed E-state index contributed by atoms with van der Waals surface area (Å²) in [5.74, 6) is -0.173. The minimum absolute atomic E-state index is 0.0601. The van der Waals surface area contributed by atoms with E-state index in [0.717, 1.165) is 61.5 Å². The standard InChI is InChI=1S/C41H46O10/c1-3-38(42)48-27-9-7-25-46-34-19-13-31(14-20-34)32-15-23-37(24-16-32)51-41(45)33-17-21-35(22-18-33)47-26-8-10-28-49-40(44)30(2)29-39(43)50-36-11-5-4-6-12-36/h3,13-24,36H,1-2,4-12,25-29H2. The van der Waals surface area contributed by atoms with Gasteiger partial charge in [0.1, 0.15) is 23.4 Å². The molecule has 1 fully saturated rings. The van der Waals surface area contributed by atoms with E-state index >= 15 is 0 Å². The Morgan fingerprint density at radius 3 is 1.73 bits per heavy atom. The summed E-state index contributed by atoms with van der Waals surface area (Å²) >= 11 is 0. The molecular formula is C41H46O10. The highest BCUT2D eigenvalue weighted by Crippen LogP contribution is 2.26. The molecule has 0 aromatic heterocycles. The van der Waals surface area contributed by atoms with Crippen molar-refractivity contribution in [1.82, 2.24) is 0 Å². The van der Waals surface area contributed by atoms with Crippen molar-refractivity contribution in [3.63, 3.8) is 0 Å². The first-order chi connectivity index (χ1) is 24.8. The van der Waals surface area contributed by atoms with Gasteiger partial charge in [-0.25, -0.2) is 14.4 Å². The summed E-state index contributed by atoms with van der Waals surface area (Å²) in [5, 5.41) is 0. The molecule has 0 spiro atoms. The predicted molar refractivity (Wildman–Crippen MR) is 192 cm³/mol. The average molecular weight is 699 g/mol. The molecule has 1 aliphatic rings. The molecule has 51 heavy (non-hydrogen) atoms. The van der Waals surface area contributed by atoms with Crippen LogP contribution in [-0.2, 0) is 28.6 Å². The van der Waals surface area contributed by atoms with Crippen LogP contribution < -0.4 is 14.2 Å². The molecule has 0 N–H and O–H groups in total. The molecule has 0 saturated heterocycles. The van der Waals surface area contributed by atoms with Crippen LogP contribution in [0.4, 0.5) is 0 Å². The Hall–Kier alpha value is -5.38. The van der Waals surface area contributed by atoms with Crippen molar-refractivity contribution in [2.75, 3.05) is 26.4 Å². The minimum Gasteiger partial charge on any atom is -0.494 e. The first-order valence-corrected chi connectivity index (χ1v) is 17.4. The third-order valence-corrected chi connectivity index (χ3v) is 8.10. The quantitative estimate of drug-likeness (QED) is 0.0377. The number of hydrogen-bond acceptors (Lipinski definition) is 10. The fraction of sp³-hybridized carbons (Fsp3) is 0.366. The topological polar surface area (TPSA) is 124 Å². The Morgan fingerprint density at radius 1 is 0.647 bits per heavy atom. The van der Waals surface area contributed by atoms with Crippen molar-refractivity contribution in [2.24, 2.45) is 0 Å². The Labute approximate surface area is 299 Å². The molecule has 3 aromatic rings. The van der Waals surface area contributed by atoms with Gasteiger partial charge in [-0.3, -0.25) is 4.79 Å². The second-order valence-corrected chi connectivity index (χ2v) is 12.1. The fourth-order valence-electron chi connectivity index (χ4n) is 5.26. The highest BCUT2D eigenvalue weighted by atomic mass is 16.6. The zero-order valence-corrected chi connectivity index (χ0v) is 29.0. The number of carbonyl (C=O) groups excluding carboxylic acids is 4. The monoisotopic (exact) mass is 698 g/mol. The molecule has 10 nitrogen and oxygen atoms in total. The van der Waals surface area contributed by atoms with Gasteiger partial charge < -0.3 is 28.4 Å². The molecule has 1 aliphatic carbocycles. The summed E-state index contributed by atoms with van der Waals surface area (Å²) in [4.78, 5) is 48.0. The van der Waals surface area contributed by atoms with Gasteiger partial charge in [-0.1, -0.05) is 43.8 Å². The number of carbonyl (C=O) groups is 4. The van der Waals surface area contributed by atoms with Crippen LogP contribution >= 0.6 is 0 Å². The molecule has 1 saturated carbocycles. The first kappa shape index (κ1) is 38.4. The predicted octanol–water partition coefficient (Wildman–Crippen LogP) is 7.99. The molecule has 0 unspecified atom stereocenters. The maximum Gasteiger partial charge on any atom is 0.343 e. The number of ether oxygens (including phenoxy) is 6. The van der Waals surface area contributed by atoms with Gasteiger partial charge in [-0.05, 0) is 111 Å². The third kappa shape index (κ3) is 13.8. The van der Waals surface area contributed by atoms with Crippen molar-refractivity contribution < 1.29 is 47.6 Å². The van der Waals surface area contributed by atoms with Crippen molar-refractivity contribution in [3.05, 3.63) is 103 Å². The van der Waals surface area contributed by atoms with E-state index in [1.54, 1.807) is 36.4 Å². The highest BCUT2D eigenvalue weighted by Gasteiger charge is 2.20. The lowest BCUT2D eigenvalue weighted by molar-refractivity contribution is -0.151. The molecule has 0 aliphatic heterocycles. The normalized spacial score (nSPS) is 12.6. The second kappa shape index (κ2) is 21.0. The van der Waals surface area contributed by atoms with Crippen LogP contribution in [0, 0.1) is 0 Å². The molecule has 0 amide bonds. The second-order valence-electron chi connectivity index (χ2n) is 12.1. The SMILES string of the molecule is C=CC(=O)OCCCCOc1ccc(-c2ccc(OC(=O)c3ccc(OCCCCOC(=O)C(=C)CC(=O)OC4CCCCC4)cc3)cc2)cc1. The van der Waals surface area contributed by atoms with Crippen LogP contribution in [0.15, 0.2) is 97.6 Å². The van der Waals surface area contributed by atoms with Gasteiger partial charge in [0.15, 0.2) is 0 Å². The van der Waals surface area contributed by atoms with E-state index in [2.05, 4.69) is 13.2 Å². The summed E-state index contributed by atoms with van der Waals surface area (Å²) in [5.41, 5.74) is 2.42. The summed E-state index contributed by atoms with van der Waals surface area (Å²) in [6.45, 7) is 8.48. The molecule has 0 atom stereocenters. The van der Waals surface area contributed by atoms with Gasteiger partial charge in [0.25, 0.3) is 0 Å². The largest absolute Gasteiger partial charge is 0.494 e. The van der Waals surface area contributed by atoms with Crippen molar-refractivity contribution >= 4 is 23.9 Å². The molecule has 3 aromatic carbocycles. The maximum absolute atomic E-state index is 12.7. The molecule has 10 heteroatoms. The van der Waals surface area contributed by atoms with E-state index in [-0.39, 0.29) is 24.7 Å². The molecule has 4 rings (SSSR count). The number of hydrogen-bond donors (Lipinski definition) is 0. The maximum atomic E-state index is 12.7. The van der Waals surface area contributed by atoms with E-state index in [0.29, 0.717) is 56.1 Å². The fourth-order valence-corrected chi connectivity index (χ4v) is 5.26. The van der Waals surface area contributed by atoms with Crippen molar-refractivity contribution in [1.29, 1.82) is 0 Å². The molecule has 270 valence electrons. The molecule has 0 radical (unpaired) electrons. The number of unbranched alkanes of at least 4 members (excludes halogenated alkanes) is 2. The lowest BCUT2D eigenvalue weighted by atomic mass is 9.98. The summed E-state index contributed by atoms with van der Waals surface area (Å²) in [6, 6.07) is 21.6. The number of benzene rings is 3. The molecular weight excluding hydrogens is 652 g/mol. The van der Waals surface area contributed by atoms with Crippen LogP contribution in [0.25, 0.3) is 11.1 Å². The van der Waals surface area contributed by atoms with E-state index in [1.165, 1.54) is 0 Å².